The molecule has 0 unspecified atom stereocenters. The number of nitrogens with zero attached hydrogens (tertiary/aromatic N) is 1. The van der Waals surface area contributed by atoms with E-state index < -0.39 is 0 Å². The SMILES string of the molecule is C[C@@H]1CC(=O)N(c2cccc(C(=O)Nc3cccc(-c4cccc(F)c4)c3)c2)C1=O. The number of halogens is 1. The van der Waals surface area contributed by atoms with E-state index in [-0.39, 0.29) is 35.9 Å². The Kier molecular flexibility index (Phi) is 5.14. The van der Waals surface area contributed by atoms with Gasteiger partial charge in [-0.2, -0.15) is 0 Å². The van der Waals surface area contributed by atoms with Gasteiger partial charge in [-0.25, -0.2) is 4.39 Å². The first-order valence-electron chi connectivity index (χ1n) is 9.56. The quantitative estimate of drug-likeness (QED) is 0.647. The van der Waals surface area contributed by atoms with Crippen molar-refractivity contribution in [1.82, 2.24) is 0 Å². The number of anilines is 2. The largest absolute Gasteiger partial charge is 0.322 e. The van der Waals surface area contributed by atoms with E-state index in [1.807, 2.05) is 6.07 Å². The average molecular weight is 402 g/mol. The van der Waals surface area contributed by atoms with E-state index in [1.165, 1.54) is 18.2 Å². The summed E-state index contributed by atoms with van der Waals surface area (Å²) >= 11 is 0. The van der Waals surface area contributed by atoms with Crippen LogP contribution in [-0.4, -0.2) is 17.7 Å². The minimum atomic E-state index is -0.375. The zero-order chi connectivity index (χ0) is 21.3. The molecule has 1 aliphatic rings. The number of carbonyl (C=O) groups excluding carboxylic acids is 3. The number of amides is 3. The first-order valence-corrected chi connectivity index (χ1v) is 9.56. The molecule has 0 aromatic heterocycles. The van der Waals surface area contributed by atoms with E-state index in [2.05, 4.69) is 5.32 Å². The molecule has 150 valence electrons. The second-order valence-corrected chi connectivity index (χ2v) is 7.27. The molecule has 3 aromatic rings. The fourth-order valence-electron chi connectivity index (χ4n) is 3.49. The Morgan fingerprint density at radius 3 is 2.37 bits per heavy atom. The molecule has 0 spiro atoms. The van der Waals surface area contributed by atoms with E-state index in [0.717, 1.165) is 10.5 Å². The Hall–Kier alpha value is -3.80. The van der Waals surface area contributed by atoms with Crippen LogP contribution in [-0.2, 0) is 9.59 Å². The highest BCUT2D eigenvalue weighted by atomic mass is 19.1. The number of imide groups is 1. The monoisotopic (exact) mass is 402 g/mol. The van der Waals surface area contributed by atoms with Crippen LogP contribution in [0, 0.1) is 11.7 Å². The Bertz CT molecular complexity index is 1160. The smallest absolute Gasteiger partial charge is 0.255 e. The van der Waals surface area contributed by atoms with Crippen LogP contribution in [0.15, 0.2) is 72.8 Å². The van der Waals surface area contributed by atoms with Gasteiger partial charge >= 0.3 is 0 Å². The zero-order valence-corrected chi connectivity index (χ0v) is 16.3. The van der Waals surface area contributed by atoms with Crippen molar-refractivity contribution in [3.8, 4) is 11.1 Å². The van der Waals surface area contributed by atoms with E-state index in [0.29, 0.717) is 22.5 Å². The van der Waals surface area contributed by atoms with Crippen LogP contribution in [0.1, 0.15) is 23.7 Å². The maximum atomic E-state index is 13.5. The Morgan fingerprint density at radius 2 is 1.67 bits per heavy atom. The van der Waals surface area contributed by atoms with Crippen LogP contribution < -0.4 is 10.2 Å². The number of rotatable bonds is 4. The third kappa shape index (κ3) is 3.85. The molecule has 5 nitrogen and oxygen atoms in total. The van der Waals surface area contributed by atoms with Crippen LogP contribution in [0.5, 0.6) is 0 Å². The van der Waals surface area contributed by atoms with Crippen LogP contribution in [0.2, 0.25) is 0 Å². The van der Waals surface area contributed by atoms with Gasteiger partial charge in [-0.3, -0.25) is 19.3 Å². The normalized spacial score (nSPS) is 16.1. The molecule has 0 bridgehead atoms. The summed E-state index contributed by atoms with van der Waals surface area (Å²) < 4.78 is 13.5. The fourth-order valence-corrected chi connectivity index (χ4v) is 3.49. The molecule has 0 aliphatic carbocycles. The minimum absolute atomic E-state index is 0.169. The lowest BCUT2D eigenvalue weighted by Gasteiger charge is -2.15. The molecule has 1 fully saturated rings. The number of nitrogens with one attached hydrogen (secondary N) is 1. The van der Waals surface area contributed by atoms with E-state index in [4.69, 9.17) is 0 Å². The van der Waals surface area contributed by atoms with Crippen LogP contribution >= 0.6 is 0 Å². The standard InChI is InChI=1S/C24H19FN2O3/c1-15-11-22(28)27(24(15)30)21-10-4-7-18(14-21)23(29)26-20-9-3-6-17(13-20)16-5-2-8-19(25)12-16/h2-10,12-15H,11H2,1H3,(H,26,29)/t15-/m1/s1. The predicted molar refractivity (Wildman–Crippen MR) is 113 cm³/mol. The molecule has 0 saturated carbocycles. The summed E-state index contributed by atoms with van der Waals surface area (Å²) in [5.74, 6) is -1.60. The molecular formula is C24H19FN2O3. The number of hydrogen-bond acceptors (Lipinski definition) is 3. The highest BCUT2D eigenvalue weighted by molar-refractivity contribution is 6.21. The van der Waals surface area contributed by atoms with Gasteiger partial charge < -0.3 is 5.32 Å². The molecule has 0 radical (unpaired) electrons. The van der Waals surface area contributed by atoms with Crippen molar-refractivity contribution in [3.63, 3.8) is 0 Å². The highest BCUT2D eigenvalue weighted by Gasteiger charge is 2.36. The van der Waals surface area contributed by atoms with Gasteiger partial charge in [-0.05, 0) is 53.6 Å². The van der Waals surface area contributed by atoms with Gasteiger partial charge in [0.25, 0.3) is 5.91 Å². The molecule has 30 heavy (non-hydrogen) atoms. The molecule has 1 N–H and O–H groups in total. The lowest BCUT2D eigenvalue weighted by Crippen LogP contribution is -2.30. The van der Waals surface area contributed by atoms with Gasteiger partial charge in [0.1, 0.15) is 5.82 Å². The molecular weight excluding hydrogens is 383 g/mol. The van der Waals surface area contributed by atoms with Crippen molar-refractivity contribution >= 4 is 29.1 Å². The Labute approximate surface area is 173 Å². The fraction of sp³-hybridized carbons (Fsp3) is 0.125. The molecule has 1 saturated heterocycles. The summed E-state index contributed by atoms with van der Waals surface area (Å²) in [6.45, 7) is 1.71. The topological polar surface area (TPSA) is 66.5 Å². The summed E-state index contributed by atoms with van der Waals surface area (Å²) in [5.41, 5.74) is 2.73. The van der Waals surface area contributed by atoms with Gasteiger partial charge in [0.15, 0.2) is 0 Å². The van der Waals surface area contributed by atoms with E-state index in [9.17, 15) is 18.8 Å². The van der Waals surface area contributed by atoms with E-state index in [1.54, 1.807) is 55.5 Å². The summed E-state index contributed by atoms with van der Waals surface area (Å²) in [7, 11) is 0. The second kappa shape index (κ2) is 7.91. The molecule has 1 heterocycles. The van der Waals surface area contributed by atoms with Crippen molar-refractivity contribution in [1.29, 1.82) is 0 Å². The summed E-state index contributed by atoms with van der Waals surface area (Å²) in [4.78, 5) is 38.3. The third-order valence-electron chi connectivity index (χ3n) is 5.02. The maximum absolute atomic E-state index is 13.5. The van der Waals surface area contributed by atoms with Crippen molar-refractivity contribution in [2.24, 2.45) is 5.92 Å². The summed E-state index contributed by atoms with van der Waals surface area (Å²) in [6.07, 6.45) is 0.169. The molecule has 3 aromatic carbocycles. The molecule has 4 rings (SSSR count). The van der Waals surface area contributed by atoms with E-state index >= 15 is 0 Å². The average Bonchev–Trinajstić information content (AvgIpc) is 2.99. The maximum Gasteiger partial charge on any atom is 0.255 e. The van der Waals surface area contributed by atoms with Gasteiger partial charge in [-0.15, -0.1) is 0 Å². The van der Waals surface area contributed by atoms with Crippen molar-refractivity contribution in [3.05, 3.63) is 84.2 Å². The predicted octanol–water partition coefficient (Wildman–Crippen LogP) is 4.64. The van der Waals surface area contributed by atoms with Crippen LogP contribution in [0.25, 0.3) is 11.1 Å². The zero-order valence-electron chi connectivity index (χ0n) is 16.3. The van der Waals surface area contributed by atoms with Crippen LogP contribution in [0.3, 0.4) is 0 Å². The number of carbonyl (C=O) groups is 3. The lowest BCUT2D eigenvalue weighted by molar-refractivity contribution is -0.122. The van der Waals surface area contributed by atoms with Crippen molar-refractivity contribution in [2.45, 2.75) is 13.3 Å². The second-order valence-electron chi connectivity index (χ2n) is 7.27. The number of hydrogen-bond donors (Lipinski definition) is 1. The van der Waals surface area contributed by atoms with Gasteiger partial charge in [0.05, 0.1) is 5.69 Å². The first-order chi connectivity index (χ1) is 14.4. The number of benzene rings is 3. The minimum Gasteiger partial charge on any atom is -0.322 e. The lowest BCUT2D eigenvalue weighted by atomic mass is 10.0. The third-order valence-corrected chi connectivity index (χ3v) is 5.02. The van der Waals surface area contributed by atoms with Crippen molar-refractivity contribution in [2.75, 3.05) is 10.2 Å². The summed E-state index contributed by atoms with van der Waals surface area (Å²) in [5, 5.41) is 2.81. The van der Waals surface area contributed by atoms with Gasteiger partial charge in [-0.1, -0.05) is 37.3 Å². The van der Waals surface area contributed by atoms with Gasteiger partial charge in [0, 0.05) is 23.6 Å². The first kappa shape index (κ1) is 19.5. The van der Waals surface area contributed by atoms with Crippen molar-refractivity contribution < 1.29 is 18.8 Å². The Balaban J connectivity index is 1.56. The Morgan fingerprint density at radius 1 is 0.967 bits per heavy atom. The van der Waals surface area contributed by atoms with Crippen LogP contribution in [0.4, 0.5) is 15.8 Å². The molecule has 1 atom stereocenters. The molecule has 6 heteroatoms. The van der Waals surface area contributed by atoms with Gasteiger partial charge in [0.2, 0.25) is 11.8 Å². The molecule has 1 aliphatic heterocycles. The highest BCUT2D eigenvalue weighted by Crippen LogP contribution is 2.27. The summed E-state index contributed by atoms with van der Waals surface area (Å²) in [6, 6.07) is 19.7. The molecule has 3 amide bonds.